The molecule has 0 fully saturated rings. The molecule has 39 heavy (non-hydrogen) atoms. The molecule has 6 rings (SSSR count). The first-order chi connectivity index (χ1) is 18.9. The number of nitrogens with zero attached hydrogens (tertiary/aromatic N) is 2. The number of ether oxygens (including phenoxy) is 1. The lowest BCUT2D eigenvalue weighted by molar-refractivity contribution is -0.138. The highest BCUT2D eigenvalue weighted by Crippen LogP contribution is 2.36. The van der Waals surface area contributed by atoms with Gasteiger partial charge in [-0.3, -0.25) is 14.2 Å². The number of fused-ring (bicyclic) bond motifs is 2. The first-order valence-corrected chi connectivity index (χ1v) is 13.6. The van der Waals surface area contributed by atoms with Gasteiger partial charge in [0, 0.05) is 26.9 Å². The Labute approximate surface area is 236 Å². The zero-order valence-corrected chi connectivity index (χ0v) is 22.7. The number of aromatic nitrogens is 1. The van der Waals surface area contributed by atoms with Crippen LogP contribution in [0.3, 0.4) is 0 Å². The number of esters is 1. The van der Waals surface area contributed by atoms with Crippen molar-refractivity contribution in [3.63, 3.8) is 0 Å². The molecular weight excluding hydrogens is 557 g/mol. The van der Waals surface area contributed by atoms with E-state index in [1.165, 1.54) is 4.57 Å². The van der Waals surface area contributed by atoms with E-state index in [2.05, 4.69) is 5.32 Å². The molecule has 0 radical (unpaired) electrons. The molecule has 0 aliphatic carbocycles. The van der Waals surface area contributed by atoms with Crippen LogP contribution in [0.1, 0.15) is 29.7 Å². The molecule has 0 unspecified atom stereocenters. The summed E-state index contributed by atoms with van der Waals surface area (Å²) in [6, 6.07) is 20.3. The molecule has 1 aromatic heterocycles. The van der Waals surface area contributed by atoms with Gasteiger partial charge in [0.25, 0.3) is 11.5 Å². The fraction of sp³-hybridized carbons (Fsp3) is 0.103. The number of rotatable bonds is 4. The van der Waals surface area contributed by atoms with Crippen LogP contribution in [0.15, 0.2) is 88.2 Å². The first-order valence-electron chi connectivity index (χ1n) is 12.0. The lowest BCUT2D eigenvalue weighted by Gasteiger charge is -2.26. The van der Waals surface area contributed by atoms with Crippen LogP contribution in [0, 0.1) is 0 Å². The summed E-state index contributed by atoms with van der Waals surface area (Å²) in [5, 5.41) is 3.75. The van der Waals surface area contributed by atoms with Crippen molar-refractivity contribution in [2.24, 2.45) is 4.99 Å². The monoisotopic (exact) mass is 575 g/mol. The SMILES string of the molecule is CCOC(=O)C1=C(c2ccccc2)N=c2s/c(=C3\C(=O)Nc4ccc(Cl)cc43)c(=O)n2[C@H]1c1ccc(Cl)cc1. The molecule has 4 aromatic rings. The highest BCUT2D eigenvalue weighted by Gasteiger charge is 2.36. The Morgan fingerprint density at radius 2 is 1.74 bits per heavy atom. The van der Waals surface area contributed by atoms with Gasteiger partial charge < -0.3 is 10.1 Å². The van der Waals surface area contributed by atoms with Crippen molar-refractivity contribution in [1.82, 2.24) is 4.57 Å². The van der Waals surface area contributed by atoms with E-state index in [-0.39, 0.29) is 22.3 Å². The fourth-order valence-corrected chi connectivity index (χ4v) is 6.21. The second-order valence-electron chi connectivity index (χ2n) is 8.82. The first kappa shape index (κ1) is 25.3. The van der Waals surface area contributed by atoms with Crippen LogP contribution < -0.4 is 20.2 Å². The van der Waals surface area contributed by atoms with Gasteiger partial charge in [-0.1, -0.05) is 77.0 Å². The molecule has 3 aromatic carbocycles. The predicted molar refractivity (Wildman–Crippen MR) is 152 cm³/mol. The average molecular weight is 576 g/mol. The van der Waals surface area contributed by atoms with E-state index < -0.39 is 23.5 Å². The molecule has 0 spiro atoms. The maximum absolute atomic E-state index is 14.1. The summed E-state index contributed by atoms with van der Waals surface area (Å²) in [5.74, 6) is -0.998. The number of halogens is 2. The minimum atomic E-state index is -0.870. The van der Waals surface area contributed by atoms with E-state index in [0.29, 0.717) is 42.9 Å². The zero-order valence-electron chi connectivity index (χ0n) is 20.4. The fourth-order valence-electron chi connectivity index (χ4n) is 4.82. The van der Waals surface area contributed by atoms with Crippen molar-refractivity contribution >= 4 is 63.4 Å². The lowest BCUT2D eigenvalue weighted by atomic mass is 9.93. The Balaban J connectivity index is 1.72. The number of amides is 1. The third kappa shape index (κ3) is 4.30. The van der Waals surface area contributed by atoms with E-state index in [4.69, 9.17) is 32.9 Å². The lowest BCUT2D eigenvalue weighted by Crippen LogP contribution is -2.40. The van der Waals surface area contributed by atoms with Crippen LogP contribution >= 0.6 is 34.5 Å². The van der Waals surface area contributed by atoms with Crippen molar-refractivity contribution in [3.8, 4) is 0 Å². The zero-order chi connectivity index (χ0) is 27.3. The van der Waals surface area contributed by atoms with Crippen molar-refractivity contribution in [1.29, 1.82) is 0 Å². The van der Waals surface area contributed by atoms with Gasteiger partial charge in [-0.25, -0.2) is 9.79 Å². The van der Waals surface area contributed by atoms with Crippen LogP contribution in [-0.4, -0.2) is 23.1 Å². The second kappa shape index (κ2) is 9.96. The van der Waals surface area contributed by atoms with Gasteiger partial charge in [-0.2, -0.15) is 0 Å². The van der Waals surface area contributed by atoms with Gasteiger partial charge in [0.2, 0.25) is 0 Å². The summed E-state index contributed by atoms with van der Waals surface area (Å²) < 4.78 is 7.12. The van der Waals surface area contributed by atoms with Gasteiger partial charge in [-0.15, -0.1) is 0 Å². The molecule has 3 heterocycles. The van der Waals surface area contributed by atoms with Crippen molar-refractivity contribution in [2.75, 3.05) is 11.9 Å². The maximum atomic E-state index is 14.1. The molecule has 7 nitrogen and oxygen atoms in total. The largest absolute Gasteiger partial charge is 0.463 e. The van der Waals surface area contributed by atoms with Gasteiger partial charge in [-0.05, 0) is 42.8 Å². The average Bonchev–Trinajstić information content (AvgIpc) is 3.43. The number of nitrogens with one attached hydrogen (secondary N) is 1. The smallest absolute Gasteiger partial charge is 0.338 e. The third-order valence-corrected chi connectivity index (χ3v) is 8.03. The number of benzene rings is 3. The molecule has 1 amide bonds. The topological polar surface area (TPSA) is 89.8 Å². The van der Waals surface area contributed by atoms with Crippen LogP contribution in [-0.2, 0) is 14.3 Å². The van der Waals surface area contributed by atoms with E-state index in [9.17, 15) is 14.4 Å². The Hall–Kier alpha value is -3.98. The van der Waals surface area contributed by atoms with Crippen LogP contribution in [0.4, 0.5) is 5.69 Å². The Kier molecular flexibility index (Phi) is 6.46. The normalized spacial score (nSPS) is 17.3. The minimum absolute atomic E-state index is 0.143. The van der Waals surface area contributed by atoms with E-state index in [0.717, 1.165) is 11.3 Å². The molecule has 0 bridgehead atoms. The molecule has 2 aliphatic heterocycles. The molecular formula is C29H19Cl2N3O4S. The number of thiazole rings is 1. The summed E-state index contributed by atoms with van der Waals surface area (Å²) in [6.07, 6.45) is 0. The minimum Gasteiger partial charge on any atom is -0.463 e. The highest BCUT2D eigenvalue weighted by atomic mass is 35.5. The van der Waals surface area contributed by atoms with Crippen molar-refractivity contribution < 1.29 is 14.3 Å². The van der Waals surface area contributed by atoms with Crippen LogP contribution in [0.2, 0.25) is 10.0 Å². The van der Waals surface area contributed by atoms with Gasteiger partial charge in [0.1, 0.15) is 4.53 Å². The maximum Gasteiger partial charge on any atom is 0.338 e. The number of anilines is 1. The van der Waals surface area contributed by atoms with Gasteiger partial charge in [0.15, 0.2) is 4.80 Å². The van der Waals surface area contributed by atoms with E-state index in [1.54, 1.807) is 49.4 Å². The van der Waals surface area contributed by atoms with Crippen LogP contribution in [0.5, 0.6) is 0 Å². The quantitative estimate of drug-likeness (QED) is 0.361. The van der Waals surface area contributed by atoms with Gasteiger partial charge >= 0.3 is 5.97 Å². The molecule has 2 aliphatic rings. The van der Waals surface area contributed by atoms with Crippen LogP contribution in [0.25, 0.3) is 11.3 Å². The number of hydrogen-bond donors (Lipinski definition) is 1. The highest BCUT2D eigenvalue weighted by molar-refractivity contribution is 7.07. The second-order valence-corrected chi connectivity index (χ2v) is 10.7. The summed E-state index contributed by atoms with van der Waals surface area (Å²) in [5.41, 5.74) is 2.81. The summed E-state index contributed by atoms with van der Waals surface area (Å²) in [6.45, 7) is 1.86. The molecule has 1 N–H and O–H groups in total. The number of hydrogen-bond acceptors (Lipinski definition) is 6. The van der Waals surface area contributed by atoms with Crippen molar-refractivity contribution in [3.05, 3.63) is 125 Å². The summed E-state index contributed by atoms with van der Waals surface area (Å²) >= 11 is 13.5. The Morgan fingerprint density at radius 3 is 2.46 bits per heavy atom. The summed E-state index contributed by atoms with van der Waals surface area (Å²) in [7, 11) is 0. The standard InChI is InChI=1S/C29H19Cl2N3O4S/c1-2-38-28(37)22-23(15-6-4-3-5-7-15)33-29-34(24(22)16-8-10-17(30)11-9-16)27(36)25(39-29)21-19-14-18(31)12-13-20(19)32-26(21)35/h3-14,24H,2H2,1H3,(H,32,35)/b25-21-/t24-/m0/s1. The molecule has 0 saturated heterocycles. The van der Waals surface area contributed by atoms with Crippen molar-refractivity contribution in [2.45, 2.75) is 13.0 Å². The Morgan fingerprint density at radius 1 is 1.03 bits per heavy atom. The number of carbonyl (C=O) groups excluding carboxylic acids is 2. The number of carbonyl (C=O) groups is 2. The van der Waals surface area contributed by atoms with E-state index in [1.807, 2.05) is 30.3 Å². The predicted octanol–water partition coefficient (Wildman–Crippen LogP) is 4.56. The molecule has 10 heteroatoms. The Bertz CT molecular complexity index is 1880. The van der Waals surface area contributed by atoms with Gasteiger partial charge in [0.05, 0.1) is 29.5 Å². The summed E-state index contributed by atoms with van der Waals surface area (Å²) in [4.78, 5) is 45.9. The van der Waals surface area contributed by atoms with E-state index >= 15 is 0 Å². The molecule has 1 atom stereocenters. The molecule has 0 saturated carbocycles. The molecule has 194 valence electrons. The third-order valence-electron chi connectivity index (χ3n) is 6.49.